The number of aliphatic hydroxyl groups is 2. The van der Waals surface area contributed by atoms with Crippen molar-refractivity contribution < 1.29 is 24.5 Å². The number of carbonyl (C=O) groups excluding carboxylic acids is 2. The highest BCUT2D eigenvalue weighted by atomic mass is 16.5. The van der Waals surface area contributed by atoms with E-state index in [1.54, 1.807) is 0 Å². The Kier molecular flexibility index (Phi) is 69.4. The Hall–Kier alpha value is -1.66. The summed E-state index contributed by atoms with van der Waals surface area (Å²) in [6.07, 6.45) is 89.6. The molecule has 0 aliphatic carbocycles. The third kappa shape index (κ3) is 67.3. The molecule has 81 heavy (non-hydrogen) atoms. The third-order valence-electron chi connectivity index (χ3n) is 17.5. The van der Waals surface area contributed by atoms with Gasteiger partial charge in [0.2, 0.25) is 5.91 Å². The van der Waals surface area contributed by atoms with E-state index in [4.69, 9.17) is 4.74 Å². The topological polar surface area (TPSA) is 95.9 Å². The fraction of sp³-hybridized carbons (Fsp3) is 0.920. The molecule has 0 bridgehead atoms. The molecule has 0 saturated carbocycles. The zero-order valence-corrected chi connectivity index (χ0v) is 55.0. The Morgan fingerprint density at radius 3 is 0.938 bits per heavy atom. The molecule has 480 valence electrons. The van der Waals surface area contributed by atoms with Crippen LogP contribution < -0.4 is 5.32 Å². The summed E-state index contributed by atoms with van der Waals surface area (Å²) in [6, 6.07) is -0.540. The van der Waals surface area contributed by atoms with Crippen LogP contribution in [-0.4, -0.2) is 47.4 Å². The lowest BCUT2D eigenvalue weighted by atomic mass is 10.0. The Morgan fingerprint density at radius 2 is 0.617 bits per heavy atom. The molecule has 0 aromatic rings. The van der Waals surface area contributed by atoms with E-state index in [9.17, 15) is 19.8 Å². The van der Waals surface area contributed by atoms with Crippen LogP contribution in [0.2, 0.25) is 0 Å². The molecule has 2 unspecified atom stereocenters. The minimum absolute atomic E-state index is 0.0172. The van der Waals surface area contributed by atoms with Crippen LogP contribution in [0.5, 0.6) is 0 Å². The Balaban J connectivity index is 3.37. The lowest BCUT2D eigenvalue weighted by Crippen LogP contribution is -2.45. The van der Waals surface area contributed by atoms with Gasteiger partial charge in [-0.3, -0.25) is 9.59 Å². The average Bonchev–Trinajstić information content (AvgIpc) is 3.47. The number of rotatable bonds is 70. The quantitative estimate of drug-likeness (QED) is 0.0320. The fourth-order valence-corrected chi connectivity index (χ4v) is 11.9. The van der Waals surface area contributed by atoms with Crippen molar-refractivity contribution in [2.24, 2.45) is 0 Å². The van der Waals surface area contributed by atoms with E-state index in [1.807, 2.05) is 0 Å². The van der Waals surface area contributed by atoms with E-state index in [0.717, 1.165) is 44.9 Å². The van der Waals surface area contributed by atoms with Crippen LogP contribution in [0.1, 0.15) is 418 Å². The third-order valence-corrected chi connectivity index (χ3v) is 17.5. The first kappa shape index (κ1) is 79.3. The van der Waals surface area contributed by atoms with Crippen molar-refractivity contribution in [2.45, 2.75) is 431 Å². The summed E-state index contributed by atoms with van der Waals surface area (Å²) < 4.78 is 5.49. The highest BCUT2D eigenvalue weighted by molar-refractivity contribution is 5.76. The Morgan fingerprint density at radius 1 is 0.346 bits per heavy atom. The maximum Gasteiger partial charge on any atom is 0.305 e. The van der Waals surface area contributed by atoms with E-state index in [0.29, 0.717) is 25.9 Å². The molecule has 1 amide bonds. The number of unbranched alkanes of at least 4 members (excludes halogenated alkanes) is 55. The first-order valence-corrected chi connectivity index (χ1v) is 37.1. The Bertz CT molecular complexity index is 1270. The maximum atomic E-state index is 12.5. The molecule has 6 heteroatoms. The summed E-state index contributed by atoms with van der Waals surface area (Å²) in [5.41, 5.74) is 0. The van der Waals surface area contributed by atoms with Crippen LogP contribution >= 0.6 is 0 Å². The van der Waals surface area contributed by atoms with Crippen LogP contribution in [0.3, 0.4) is 0 Å². The highest BCUT2D eigenvalue weighted by Crippen LogP contribution is 2.19. The monoisotopic (exact) mass is 1140 g/mol. The molecule has 0 spiro atoms. The number of allylic oxidation sites excluding steroid dienone is 4. The fourth-order valence-electron chi connectivity index (χ4n) is 11.9. The number of amides is 1. The second kappa shape index (κ2) is 70.8. The molecule has 0 aliphatic rings. The van der Waals surface area contributed by atoms with Gasteiger partial charge in [-0.25, -0.2) is 0 Å². The van der Waals surface area contributed by atoms with Crippen molar-refractivity contribution in [1.82, 2.24) is 5.32 Å². The van der Waals surface area contributed by atoms with Gasteiger partial charge >= 0.3 is 5.97 Å². The van der Waals surface area contributed by atoms with Gasteiger partial charge in [-0.1, -0.05) is 372 Å². The molecule has 0 heterocycles. The number of carbonyl (C=O) groups is 2. The van der Waals surface area contributed by atoms with Gasteiger partial charge in [-0.05, 0) is 57.8 Å². The minimum Gasteiger partial charge on any atom is -0.466 e. The van der Waals surface area contributed by atoms with E-state index >= 15 is 0 Å². The van der Waals surface area contributed by atoms with Crippen molar-refractivity contribution in [2.75, 3.05) is 13.2 Å². The zero-order chi connectivity index (χ0) is 58.5. The second-order valence-corrected chi connectivity index (χ2v) is 25.6. The smallest absolute Gasteiger partial charge is 0.305 e. The molecule has 2 atom stereocenters. The first-order valence-electron chi connectivity index (χ1n) is 37.1. The van der Waals surface area contributed by atoms with Gasteiger partial charge in [0, 0.05) is 12.8 Å². The lowest BCUT2D eigenvalue weighted by Gasteiger charge is -2.22. The van der Waals surface area contributed by atoms with Gasteiger partial charge in [0.05, 0.1) is 25.4 Å². The van der Waals surface area contributed by atoms with Crippen molar-refractivity contribution in [1.29, 1.82) is 0 Å². The molecule has 0 aromatic carbocycles. The van der Waals surface area contributed by atoms with Crippen molar-refractivity contribution in [3.8, 4) is 0 Å². The number of esters is 1. The SMILES string of the molecule is CCCCCCCCCCCCCCCCCCCC(O)C(CO)NC(=O)CCCCCCCCCCCCCCCCCCC/C=C\C/C=C\CCCCCCCCCCCOC(=O)CCCCCCCCCCCCCCCC. The molecule has 3 N–H and O–H groups in total. The van der Waals surface area contributed by atoms with E-state index in [-0.39, 0.29) is 18.5 Å². The molecule has 0 aliphatic heterocycles. The molecule has 0 rings (SSSR count). The average molecular weight is 1140 g/mol. The lowest BCUT2D eigenvalue weighted by molar-refractivity contribution is -0.143. The molecule has 0 aromatic heterocycles. The minimum atomic E-state index is -0.663. The van der Waals surface area contributed by atoms with Crippen LogP contribution in [-0.2, 0) is 14.3 Å². The first-order chi connectivity index (χ1) is 40.0. The predicted octanol–water partition coefficient (Wildman–Crippen LogP) is 24.1. The number of hydrogen-bond acceptors (Lipinski definition) is 5. The van der Waals surface area contributed by atoms with E-state index in [2.05, 4.69) is 43.5 Å². The maximum absolute atomic E-state index is 12.5. The summed E-state index contributed by atoms with van der Waals surface area (Å²) in [5.74, 6) is -0.0120. The number of hydrogen-bond donors (Lipinski definition) is 3. The molecule has 6 nitrogen and oxygen atoms in total. The molecular weight excluding hydrogens is 995 g/mol. The summed E-state index contributed by atoms with van der Waals surface area (Å²) in [4.78, 5) is 24.6. The van der Waals surface area contributed by atoms with E-state index < -0.39 is 12.1 Å². The van der Waals surface area contributed by atoms with Gasteiger partial charge in [-0.15, -0.1) is 0 Å². The molecular formula is C75H145NO5. The van der Waals surface area contributed by atoms with Crippen LogP contribution in [0.4, 0.5) is 0 Å². The van der Waals surface area contributed by atoms with Crippen LogP contribution in [0.25, 0.3) is 0 Å². The van der Waals surface area contributed by atoms with Gasteiger partial charge in [0.15, 0.2) is 0 Å². The molecule has 0 radical (unpaired) electrons. The van der Waals surface area contributed by atoms with Gasteiger partial charge in [-0.2, -0.15) is 0 Å². The van der Waals surface area contributed by atoms with Gasteiger partial charge < -0.3 is 20.3 Å². The second-order valence-electron chi connectivity index (χ2n) is 25.6. The highest BCUT2D eigenvalue weighted by Gasteiger charge is 2.20. The standard InChI is InChI=1S/C75H145NO5/c1-3-5-7-9-11-13-15-17-19-37-40-43-47-51-55-59-63-67-73(78)72(71-77)76-74(79)68-64-60-56-52-48-44-41-38-35-33-31-29-27-25-23-21-20-22-24-26-28-30-32-34-36-39-42-46-50-54-58-62-66-70-81-75(80)69-65-61-57-53-49-45-18-16-14-12-10-8-6-4-2/h24,26,30,32,72-73,77-78H,3-23,25,27-29,31,33-71H2,1-2H3,(H,76,79)/b26-24-,32-30-. The molecule has 0 saturated heterocycles. The van der Waals surface area contributed by atoms with E-state index in [1.165, 1.54) is 340 Å². The molecule has 0 fully saturated rings. The normalized spacial score (nSPS) is 12.6. The summed E-state index contributed by atoms with van der Waals surface area (Å²) in [7, 11) is 0. The summed E-state index contributed by atoms with van der Waals surface area (Å²) in [6.45, 7) is 4.99. The van der Waals surface area contributed by atoms with Crippen molar-refractivity contribution in [3.05, 3.63) is 24.3 Å². The van der Waals surface area contributed by atoms with Gasteiger partial charge in [0.25, 0.3) is 0 Å². The largest absolute Gasteiger partial charge is 0.466 e. The Labute approximate surface area is 507 Å². The predicted molar refractivity (Wildman–Crippen MR) is 356 cm³/mol. The number of aliphatic hydroxyl groups excluding tert-OH is 2. The summed E-state index contributed by atoms with van der Waals surface area (Å²) in [5, 5.41) is 23.4. The number of ether oxygens (including phenoxy) is 1. The summed E-state index contributed by atoms with van der Waals surface area (Å²) >= 11 is 0. The zero-order valence-electron chi connectivity index (χ0n) is 55.0. The van der Waals surface area contributed by atoms with Crippen LogP contribution in [0, 0.1) is 0 Å². The number of nitrogens with one attached hydrogen (secondary N) is 1. The van der Waals surface area contributed by atoms with Crippen LogP contribution in [0.15, 0.2) is 24.3 Å². The van der Waals surface area contributed by atoms with Crippen molar-refractivity contribution in [3.63, 3.8) is 0 Å². The van der Waals surface area contributed by atoms with Crippen molar-refractivity contribution >= 4 is 11.9 Å². The van der Waals surface area contributed by atoms with Gasteiger partial charge in [0.1, 0.15) is 0 Å².